The third kappa shape index (κ3) is 104. The molecule has 7 nitrogen and oxygen atoms in total. The Morgan fingerprint density at radius 3 is 1.00 bits per heavy atom. The predicted molar refractivity (Wildman–Crippen MR) is 65.3 cm³/mol. The van der Waals surface area contributed by atoms with E-state index in [1.54, 1.807) is 0 Å². The Balaban J connectivity index is -0.0000000629. The first-order valence-corrected chi connectivity index (χ1v) is 5.04. The van der Waals surface area contributed by atoms with E-state index in [1.165, 1.54) is 0 Å². The molecule has 0 aliphatic carbocycles. The van der Waals surface area contributed by atoms with Crippen molar-refractivity contribution in [2.24, 2.45) is 0 Å². The van der Waals surface area contributed by atoms with Crippen LogP contribution < -0.4 is 0 Å². The van der Waals surface area contributed by atoms with Crippen LogP contribution in [0, 0.1) is 0 Å². The van der Waals surface area contributed by atoms with Gasteiger partial charge in [0.15, 0.2) is 0 Å². The van der Waals surface area contributed by atoms with Crippen molar-refractivity contribution in [2.75, 3.05) is 31.8 Å². The molecule has 0 aliphatic heterocycles. The fourth-order valence-corrected chi connectivity index (χ4v) is 0. The third-order valence-corrected chi connectivity index (χ3v) is 0.912. The van der Waals surface area contributed by atoms with E-state index in [2.05, 4.69) is 25.3 Å². The molecule has 0 rings (SSSR count). The molecule has 0 radical (unpaired) electrons. The second-order valence-corrected chi connectivity index (χ2v) is 2.18. The van der Waals surface area contributed by atoms with Crippen LogP contribution in [0.25, 0.3) is 0 Å². The van der Waals surface area contributed by atoms with E-state index in [9.17, 15) is 9.59 Å². The third-order valence-electron chi connectivity index (χ3n) is 0.371. The molecule has 9 heteroatoms. The summed E-state index contributed by atoms with van der Waals surface area (Å²) in [6.07, 6.45) is 0. The summed E-state index contributed by atoms with van der Waals surface area (Å²) in [6.45, 7) is -0.250. The normalized spacial score (nSPS) is 6.88. The van der Waals surface area contributed by atoms with E-state index >= 15 is 0 Å². The molecule has 0 aliphatic rings. The van der Waals surface area contributed by atoms with E-state index in [-0.39, 0.29) is 24.7 Å². The number of aliphatic carboxylic acids is 2. The van der Waals surface area contributed by atoms with Crippen LogP contribution in [0.3, 0.4) is 0 Å². The highest BCUT2D eigenvalue weighted by molar-refractivity contribution is 7.81. The van der Waals surface area contributed by atoms with Crippen LogP contribution in [0.5, 0.6) is 0 Å². The zero-order valence-electron chi connectivity index (χ0n) is 8.78. The SMILES string of the molecule is CO.O=C(O)CS.O=C(O)CS.OCCO. The Morgan fingerprint density at radius 2 is 1.00 bits per heavy atom. The van der Waals surface area contributed by atoms with E-state index in [1.807, 2.05) is 0 Å². The van der Waals surface area contributed by atoms with Gasteiger partial charge in [0.1, 0.15) is 0 Å². The molecule has 0 bridgehead atoms. The lowest BCUT2D eigenvalue weighted by molar-refractivity contribution is -0.134. The molecule has 0 aromatic rings. The number of rotatable bonds is 3. The van der Waals surface area contributed by atoms with Gasteiger partial charge in [0.2, 0.25) is 0 Å². The fraction of sp³-hybridized carbons (Fsp3) is 0.714. The van der Waals surface area contributed by atoms with E-state index in [0.29, 0.717) is 0 Å². The first kappa shape index (κ1) is 24.7. The maximum absolute atomic E-state index is 9.29. The van der Waals surface area contributed by atoms with Gasteiger partial charge in [0, 0.05) is 7.11 Å². The number of carboxylic acid groups (broad SMARTS) is 2. The maximum Gasteiger partial charge on any atom is 0.313 e. The highest BCUT2D eigenvalue weighted by Gasteiger charge is 1.82. The van der Waals surface area contributed by atoms with Gasteiger partial charge in [0.05, 0.1) is 24.7 Å². The molecule has 16 heavy (non-hydrogen) atoms. The molecule has 0 aromatic carbocycles. The number of thiol groups is 2. The number of aliphatic hydroxyl groups excluding tert-OH is 3. The van der Waals surface area contributed by atoms with Crippen molar-refractivity contribution in [3.05, 3.63) is 0 Å². The summed E-state index contributed by atoms with van der Waals surface area (Å²) < 4.78 is 0. The quantitative estimate of drug-likeness (QED) is 0.315. The van der Waals surface area contributed by atoms with Gasteiger partial charge in [-0.2, -0.15) is 25.3 Å². The number of hydrogen-bond acceptors (Lipinski definition) is 7. The molecular weight excluding hydrogens is 260 g/mol. The van der Waals surface area contributed by atoms with E-state index in [0.717, 1.165) is 7.11 Å². The number of carbonyl (C=O) groups is 2. The second-order valence-electron chi connectivity index (χ2n) is 1.55. The monoisotopic (exact) mass is 278 g/mol. The van der Waals surface area contributed by atoms with Gasteiger partial charge in [0.25, 0.3) is 0 Å². The molecule has 0 fully saturated rings. The van der Waals surface area contributed by atoms with Gasteiger partial charge in [-0.05, 0) is 0 Å². The van der Waals surface area contributed by atoms with Gasteiger partial charge in [-0.1, -0.05) is 0 Å². The summed E-state index contributed by atoms with van der Waals surface area (Å²) in [6, 6.07) is 0. The molecule has 0 atom stereocenters. The second kappa shape index (κ2) is 29.3. The Labute approximate surface area is 105 Å². The largest absolute Gasteiger partial charge is 0.481 e. The summed E-state index contributed by atoms with van der Waals surface area (Å²) in [4.78, 5) is 18.6. The average molecular weight is 278 g/mol. The van der Waals surface area contributed by atoms with Crippen molar-refractivity contribution in [1.29, 1.82) is 0 Å². The van der Waals surface area contributed by atoms with E-state index in [4.69, 9.17) is 25.5 Å². The minimum Gasteiger partial charge on any atom is -0.481 e. The zero-order valence-corrected chi connectivity index (χ0v) is 10.6. The van der Waals surface area contributed by atoms with Gasteiger partial charge in [-0.25, -0.2) is 0 Å². The highest BCUT2D eigenvalue weighted by atomic mass is 32.1. The van der Waals surface area contributed by atoms with Crippen LogP contribution in [0.2, 0.25) is 0 Å². The van der Waals surface area contributed by atoms with Crippen LogP contribution in [-0.4, -0.2) is 69.3 Å². The number of hydrogen-bond donors (Lipinski definition) is 7. The summed E-state index contributed by atoms with van der Waals surface area (Å²) >= 11 is 6.83. The van der Waals surface area contributed by atoms with Gasteiger partial charge in [-0.3, -0.25) is 9.59 Å². The average Bonchev–Trinajstić information content (AvgIpc) is 2.32. The lowest BCUT2D eigenvalue weighted by atomic mass is 10.8. The van der Waals surface area contributed by atoms with Crippen LogP contribution >= 0.6 is 25.3 Å². The first-order valence-electron chi connectivity index (χ1n) is 3.77. The van der Waals surface area contributed by atoms with Crippen LogP contribution in [0.15, 0.2) is 0 Å². The maximum atomic E-state index is 9.29. The number of aliphatic hydroxyl groups is 3. The number of carboxylic acids is 2. The van der Waals surface area contributed by atoms with Crippen molar-refractivity contribution in [1.82, 2.24) is 0 Å². The van der Waals surface area contributed by atoms with Crippen molar-refractivity contribution < 1.29 is 35.1 Å². The molecular formula is C7H18O7S2. The Kier molecular flexibility index (Phi) is 45.1. The Bertz CT molecular complexity index is 127. The molecule has 0 saturated carbocycles. The van der Waals surface area contributed by atoms with Crippen molar-refractivity contribution in [3.63, 3.8) is 0 Å². The van der Waals surface area contributed by atoms with Crippen LogP contribution in [-0.2, 0) is 9.59 Å². The predicted octanol–water partition coefficient (Wildman–Crippen LogP) is -1.42. The molecule has 0 aromatic heterocycles. The Morgan fingerprint density at radius 1 is 0.875 bits per heavy atom. The smallest absolute Gasteiger partial charge is 0.313 e. The molecule has 5 N–H and O–H groups in total. The highest BCUT2D eigenvalue weighted by Crippen LogP contribution is 1.66. The lowest BCUT2D eigenvalue weighted by Crippen LogP contribution is -1.92. The summed E-state index contributed by atoms with van der Waals surface area (Å²) in [5.74, 6) is -1.93. The van der Waals surface area contributed by atoms with Crippen molar-refractivity contribution >= 4 is 37.2 Å². The van der Waals surface area contributed by atoms with Gasteiger partial charge >= 0.3 is 11.9 Å². The first-order chi connectivity index (χ1) is 7.45. The summed E-state index contributed by atoms with van der Waals surface area (Å²) in [7, 11) is 1.00. The Hall–Kier alpha value is -0.480. The topological polar surface area (TPSA) is 135 Å². The summed E-state index contributed by atoms with van der Waals surface area (Å²) in [5, 5.41) is 37.5. The van der Waals surface area contributed by atoms with Gasteiger partial charge < -0.3 is 25.5 Å². The molecule has 0 amide bonds. The van der Waals surface area contributed by atoms with Gasteiger partial charge in [-0.15, -0.1) is 0 Å². The zero-order chi connectivity index (χ0) is 14.0. The van der Waals surface area contributed by atoms with Crippen LogP contribution in [0.1, 0.15) is 0 Å². The minimum absolute atomic E-state index is 0.0833. The lowest BCUT2D eigenvalue weighted by Gasteiger charge is -1.71. The fourth-order valence-electron chi connectivity index (χ4n) is 0. The summed E-state index contributed by atoms with van der Waals surface area (Å²) in [5.41, 5.74) is 0. The van der Waals surface area contributed by atoms with Crippen molar-refractivity contribution in [2.45, 2.75) is 0 Å². The van der Waals surface area contributed by atoms with Crippen LogP contribution in [0.4, 0.5) is 0 Å². The molecule has 100 valence electrons. The molecule has 0 unspecified atom stereocenters. The minimum atomic E-state index is -0.881. The standard InChI is InChI=1S/2C2H4O2S.C2H6O2.CH4O/c2*3-2(4)1-5;3-1-2-4;1-2/h2*5H,1H2,(H,3,4);3-4H,1-2H2;2H,1H3. The molecule has 0 saturated heterocycles. The van der Waals surface area contributed by atoms with Crippen molar-refractivity contribution in [3.8, 4) is 0 Å². The molecule has 0 spiro atoms. The van der Waals surface area contributed by atoms with E-state index < -0.39 is 11.9 Å². The molecule has 0 heterocycles.